The number of fused-ring (bicyclic) bond motifs is 1. The van der Waals surface area contributed by atoms with Gasteiger partial charge in [-0.15, -0.1) is 0 Å². The van der Waals surface area contributed by atoms with Gasteiger partial charge in [0.05, 0.1) is 18.2 Å². The Morgan fingerprint density at radius 3 is 3.06 bits per heavy atom. The summed E-state index contributed by atoms with van der Waals surface area (Å²) in [4.78, 5) is 4.25. The van der Waals surface area contributed by atoms with Gasteiger partial charge in [0.2, 0.25) is 5.95 Å². The van der Waals surface area contributed by atoms with Crippen LogP contribution in [0.2, 0.25) is 0 Å². The molecule has 0 radical (unpaired) electrons. The van der Waals surface area contributed by atoms with Gasteiger partial charge in [-0.05, 0) is 26.2 Å². The lowest BCUT2D eigenvalue weighted by molar-refractivity contribution is 0.0170. The van der Waals surface area contributed by atoms with Gasteiger partial charge in [-0.1, -0.05) is 0 Å². The van der Waals surface area contributed by atoms with Crippen molar-refractivity contribution in [3.63, 3.8) is 0 Å². The maximum atomic E-state index is 9.08. The van der Waals surface area contributed by atoms with E-state index in [1.807, 2.05) is 4.68 Å². The highest BCUT2D eigenvalue weighted by Crippen LogP contribution is 2.33. The summed E-state index contributed by atoms with van der Waals surface area (Å²) in [6, 6.07) is 0.254. The van der Waals surface area contributed by atoms with E-state index in [-0.39, 0.29) is 18.8 Å². The smallest absolute Gasteiger partial charge is 0.221 e. The van der Waals surface area contributed by atoms with Crippen LogP contribution in [0.15, 0.2) is 0 Å². The lowest BCUT2D eigenvalue weighted by Gasteiger charge is -2.28. The maximum Gasteiger partial charge on any atom is 0.221 e. The summed E-state index contributed by atoms with van der Waals surface area (Å²) in [5.74, 6) is 1.24. The van der Waals surface area contributed by atoms with Crippen molar-refractivity contribution in [2.45, 2.75) is 51.0 Å². The van der Waals surface area contributed by atoms with Crippen LogP contribution in [-0.2, 0) is 11.3 Å². The highest BCUT2D eigenvalue weighted by atomic mass is 16.5. The lowest BCUT2D eigenvalue weighted by Crippen LogP contribution is -2.32. The van der Waals surface area contributed by atoms with Crippen LogP contribution in [0.3, 0.4) is 0 Å². The van der Waals surface area contributed by atoms with Crippen molar-refractivity contribution in [3.05, 3.63) is 5.82 Å². The highest BCUT2D eigenvalue weighted by molar-refractivity contribution is 5.28. The van der Waals surface area contributed by atoms with E-state index in [1.54, 1.807) is 0 Å². The SMILES string of the molecule is CC1CCC(C2CCNc3nc(CO)nn32)O1. The first-order valence-corrected chi connectivity index (χ1v) is 6.23. The van der Waals surface area contributed by atoms with Gasteiger partial charge in [-0.2, -0.15) is 10.1 Å². The zero-order valence-electron chi connectivity index (χ0n) is 9.96. The van der Waals surface area contributed by atoms with E-state index >= 15 is 0 Å². The summed E-state index contributed by atoms with van der Waals surface area (Å²) < 4.78 is 7.81. The Labute approximate surface area is 100.0 Å². The van der Waals surface area contributed by atoms with Gasteiger partial charge >= 0.3 is 0 Å². The molecule has 2 aliphatic rings. The van der Waals surface area contributed by atoms with Crippen molar-refractivity contribution in [2.75, 3.05) is 11.9 Å². The third-order valence-electron chi connectivity index (χ3n) is 3.55. The van der Waals surface area contributed by atoms with E-state index in [9.17, 15) is 0 Å². The van der Waals surface area contributed by atoms with E-state index in [4.69, 9.17) is 9.84 Å². The fourth-order valence-electron chi connectivity index (χ4n) is 2.70. The maximum absolute atomic E-state index is 9.08. The summed E-state index contributed by atoms with van der Waals surface area (Å²) in [7, 11) is 0. The van der Waals surface area contributed by atoms with Crippen LogP contribution in [0.25, 0.3) is 0 Å². The number of nitrogens with one attached hydrogen (secondary N) is 1. The Morgan fingerprint density at radius 2 is 2.35 bits per heavy atom. The monoisotopic (exact) mass is 238 g/mol. The molecule has 0 amide bonds. The van der Waals surface area contributed by atoms with Crippen molar-refractivity contribution < 1.29 is 9.84 Å². The normalized spacial score (nSPS) is 32.2. The molecule has 6 nitrogen and oxygen atoms in total. The lowest BCUT2D eigenvalue weighted by atomic mass is 10.0. The molecule has 17 heavy (non-hydrogen) atoms. The molecule has 0 bridgehead atoms. The minimum atomic E-state index is -0.115. The fraction of sp³-hybridized carbons (Fsp3) is 0.818. The van der Waals surface area contributed by atoms with Gasteiger partial charge in [-0.3, -0.25) is 0 Å². The van der Waals surface area contributed by atoms with Crippen molar-refractivity contribution >= 4 is 5.95 Å². The molecule has 0 saturated carbocycles. The zero-order chi connectivity index (χ0) is 11.8. The third kappa shape index (κ3) is 1.91. The largest absolute Gasteiger partial charge is 0.388 e. The number of aliphatic hydroxyl groups is 1. The van der Waals surface area contributed by atoms with E-state index in [2.05, 4.69) is 22.3 Å². The molecule has 3 rings (SSSR count). The Balaban J connectivity index is 1.85. The summed E-state index contributed by atoms with van der Waals surface area (Å²) >= 11 is 0. The summed E-state index contributed by atoms with van der Waals surface area (Å²) in [6.07, 6.45) is 3.78. The summed E-state index contributed by atoms with van der Waals surface area (Å²) in [6.45, 7) is 2.89. The number of ether oxygens (including phenoxy) is 1. The minimum absolute atomic E-state index is 0.115. The predicted octanol–water partition coefficient (Wildman–Crippen LogP) is 0.695. The van der Waals surface area contributed by atoms with Crippen LogP contribution in [0.1, 0.15) is 38.1 Å². The number of aromatic nitrogens is 3. The molecule has 1 fully saturated rings. The van der Waals surface area contributed by atoms with Gasteiger partial charge < -0.3 is 15.2 Å². The third-order valence-corrected chi connectivity index (χ3v) is 3.55. The molecule has 0 spiro atoms. The van der Waals surface area contributed by atoms with Gasteiger partial charge in [-0.25, -0.2) is 4.68 Å². The van der Waals surface area contributed by atoms with E-state index in [1.165, 1.54) is 0 Å². The Kier molecular flexibility index (Phi) is 2.76. The molecule has 1 saturated heterocycles. The van der Waals surface area contributed by atoms with Gasteiger partial charge in [0.1, 0.15) is 6.61 Å². The van der Waals surface area contributed by atoms with Crippen molar-refractivity contribution in [3.8, 4) is 0 Å². The number of hydrogen-bond acceptors (Lipinski definition) is 5. The van der Waals surface area contributed by atoms with E-state index < -0.39 is 0 Å². The summed E-state index contributed by atoms with van der Waals surface area (Å²) in [5, 5.41) is 16.6. The molecule has 3 unspecified atom stereocenters. The number of hydrogen-bond donors (Lipinski definition) is 2. The minimum Gasteiger partial charge on any atom is -0.388 e. The molecule has 0 aromatic carbocycles. The molecule has 3 heterocycles. The molecule has 0 aliphatic carbocycles. The van der Waals surface area contributed by atoms with Crippen LogP contribution in [0.4, 0.5) is 5.95 Å². The molecule has 1 aromatic heterocycles. The Bertz CT molecular complexity index is 406. The average molecular weight is 238 g/mol. The van der Waals surface area contributed by atoms with Crippen LogP contribution < -0.4 is 5.32 Å². The average Bonchev–Trinajstić information content (AvgIpc) is 2.93. The zero-order valence-corrected chi connectivity index (χ0v) is 9.96. The molecule has 94 valence electrons. The topological polar surface area (TPSA) is 72.2 Å². The molecular weight excluding hydrogens is 220 g/mol. The molecule has 3 atom stereocenters. The second-order valence-corrected chi connectivity index (χ2v) is 4.80. The van der Waals surface area contributed by atoms with Crippen LogP contribution in [0, 0.1) is 0 Å². The van der Waals surface area contributed by atoms with Crippen LogP contribution in [0.5, 0.6) is 0 Å². The Morgan fingerprint density at radius 1 is 1.47 bits per heavy atom. The first kappa shape index (κ1) is 11.0. The second-order valence-electron chi connectivity index (χ2n) is 4.80. The standard InChI is InChI=1S/C11H18N4O2/c1-7-2-3-9(17-7)8-4-5-12-11-13-10(6-16)14-15(8)11/h7-9,16H,2-6H2,1H3,(H,12,13,14). The van der Waals surface area contributed by atoms with Gasteiger partial charge in [0.25, 0.3) is 0 Å². The predicted molar refractivity (Wildman–Crippen MR) is 61.7 cm³/mol. The van der Waals surface area contributed by atoms with Crippen molar-refractivity contribution in [2.24, 2.45) is 0 Å². The highest BCUT2D eigenvalue weighted by Gasteiger charge is 2.34. The molecule has 1 aromatic rings. The number of aliphatic hydroxyl groups excluding tert-OH is 1. The number of nitrogens with zero attached hydrogens (tertiary/aromatic N) is 3. The van der Waals surface area contributed by atoms with Gasteiger partial charge in [0, 0.05) is 6.54 Å². The van der Waals surface area contributed by atoms with Crippen LogP contribution in [-0.4, -0.2) is 38.6 Å². The second kappa shape index (κ2) is 4.27. The fourth-order valence-corrected chi connectivity index (χ4v) is 2.70. The van der Waals surface area contributed by atoms with Crippen LogP contribution >= 0.6 is 0 Å². The Hall–Kier alpha value is -1.14. The first-order chi connectivity index (χ1) is 8.28. The molecular formula is C11H18N4O2. The molecule has 6 heteroatoms. The molecule has 2 N–H and O–H groups in total. The number of rotatable bonds is 2. The number of anilines is 1. The van der Waals surface area contributed by atoms with Crippen molar-refractivity contribution in [1.82, 2.24) is 14.8 Å². The van der Waals surface area contributed by atoms with E-state index in [0.29, 0.717) is 11.9 Å². The first-order valence-electron chi connectivity index (χ1n) is 6.23. The van der Waals surface area contributed by atoms with Crippen molar-refractivity contribution in [1.29, 1.82) is 0 Å². The summed E-state index contributed by atoms with van der Waals surface area (Å²) in [5.41, 5.74) is 0. The van der Waals surface area contributed by atoms with Gasteiger partial charge in [0.15, 0.2) is 5.82 Å². The quantitative estimate of drug-likeness (QED) is 0.793. The molecule has 2 aliphatic heterocycles. The van der Waals surface area contributed by atoms with E-state index in [0.717, 1.165) is 31.8 Å².